The van der Waals surface area contributed by atoms with Crippen molar-refractivity contribution in [3.8, 4) is 22.6 Å². The Labute approximate surface area is 283 Å². The fourth-order valence-corrected chi connectivity index (χ4v) is 4.61. The van der Waals surface area contributed by atoms with Crippen LogP contribution >= 0.6 is 24.8 Å². The van der Waals surface area contributed by atoms with Crippen LogP contribution < -0.4 is 46.3 Å². The van der Waals surface area contributed by atoms with Gasteiger partial charge in [0.25, 0.3) is 11.7 Å². The summed E-state index contributed by atoms with van der Waals surface area (Å²) in [4.78, 5) is 11.5. The Hall–Kier alpha value is -2.26. The Balaban J connectivity index is 0. The van der Waals surface area contributed by atoms with E-state index >= 15 is 0 Å². The lowest BCUT2D eigenvalue weighted by molar-refractivity contribution is -0.458. The number of nitrogen functional groups attached to an aromatic ring is 2. The van der Waals surface area contributed by atoms with Crippen molar-refractivity contribution >= 4 is 36.5 Å². The quantitative estimate of drug-likeness (QED) is 0.0718. The molecule has 0 aliphatic heterocycles. The van der Waals surface area contributed by atoms with Crippen LogP contribution in [-0.4, -0.2) is 73.8 Å². The van der Waals surface area contributed by atoms with E-state index in [0.29, 0.717) is 11.7 Å². The van der Waals surface area contributed by atoms with Gasteiger partial charge in [0, 0.05) is 24.2 Å². The van der Waals surface area contributed by atoms with Crippen molar-refractivity contribution in [3.63, 3.8) is 0 Å². The van der Waals surface area contributed by atoms with Crippen LogP contribution in [0.15, 0.2) is 65.1 Å². The van der Waals surface area contributed by atoms with Gasteiger partial charge >= 0.3 is 0 Å². The number of nitrogens with zero attached hydrogens (tertiary/aromatic N) is 2. The molecular formula is C32H50Cl4N6O. The summed E-state index contributed by atoms with van der Waals surface area (Å²) in [5.74, 6) is 3.06. The van der Waals surface area contributed by atoms with Gasteiger partial charge in [-0.05, 0) is 75.4 Å². The van der Waals surface area contributed by atoms with Gasteiger partial charge in [0.1, 0.15) is 11.5 Å². The second-order valence-corrected chi connectivity index (χ2v) is 9.76. The summed E-state index contributed by atoms with van der Waals surface area (Å²) in [6.07, 6.45) is 2.13. The van der Waals surface area contributed by atoms with Gasteiger partial charge in [0.05, 0.1) is 24.2 Å². The van der Waals surface area contributed by atoms with E-state index in [2.05, 4.69) is 47.5 Å². The third-order valence-electron chi connectivity index (χ3n) is 7.29. The SMILES string of the molecule is CCN(CC)CCC[NH+]=C(N)c1ccc(-c2ccc(-c3ccc(C(N)=[NH+]CCCN(CC)CC)cc3)o2)cc1.Cl.Cl.[Cl-].[Cl-]. The number of hydrogen-bond acceptors (Lipinski definition) is 3. The molecule has 0 fully saturated rings. The first-order valence-corrected chi connectivity index (χ1v) is 14.5. The van der Waals surface area contributed by atoms with Crippen LogP contribution in [0.2, 0.25) is 0 Å². The van der Waals surface area contributed by atoms with E-state index in [9.17, 15) is 0 Å². The monoisotopic (exact) mass is 674 g/mol. The molecule has 11 heteroatoms. The van der Waals surface area contributed by atoms with E-state index in [4.69, 9.17) is 15.9 Å². The third-order valence-corrected chi connectivity index (χ3v) is 7.29. The number of benzene rings is 2. The lowest BCUT2D eigenvalue weighted by atomic mass is 10.1. The van der Waals surface area contributed by atoms with Gasteiger partial charge in [-0.2, -0.15) is 0 Å². The van der Waals surface area contributed by atoms with Crippen molar-refractivity contribution in [2.75, 3.05) is 52.4 Å². The van der Waals surface area contributed by atoms with E-state index in [1.807, 2.05) is 60.7 Å². The van der Waals surface area contributed by atoms with E-state index in [1.54, 1.807) is 0 Å². The number of amidine groups is 2. The maximum absolute atomic E-state index is 6.29. The summed E-state index contributed by atoms with van der Waals surface area (Å²) in [6.45, 7) is 17.0. The first-order chi connectivity index (χ1) is 19.0. The molecule has 0 aliphatic rings. The normalized spacial score (nSPS) is 11.4. The minimum atomic E-state index is 0. The molecule has 0 unspecified atom stereocenters. The minimum absolute atomic E-state index is 0. The van der Waals surface area contributed by atoms with Crippen molar-refractivity contribution < 1.29 is 39.2 Å². The zero-order chi connectivity index (χ0) is 28.0. The van der Waals surface area contributed by atoms with Gasteiger partial charge in [0.2, 0.25) is 0 Å². The van der Waals surface area contributed by atoms with E-state index in [-0.39, 0.29) is 49.6 Å². The number of rotatable bonds is 16. The van der Waals surface area contributed by atoms with E-state index in [1.165, 1.54) is 0 Å². The number of halogens is 4. The summed E-state index contributed by atoms with van der Waals surface area (Å²) >= 11 is 0. The summed E-state index contributed by atoms with van der Waals surface area (Å²) in [5.41, 5.74) is 16.6. The van der Waals surface area contributed by atoms with Gasteiger partial charge in [-0.15, -0.1) is 24.8 Å². The first kappa shape index (κ1) is 42.9. The second kappa shape index (κ2) is 23.2. The van der Waals surface area contributed by atoms with Crippen LogP contribution in [0.1, 0.15) is 51.7 Å². The number of nitrogens with two attached hydrogens (primary N) is 2. The number of furan rings is 1. The molecule has 2 aromatic carbocycles. The van der Waals surface area contributed by atoms with Crippen LogP contribution in [0.3, 0.4) is 0 Å². The largest absolute Gasteiger partial charge is 1.00 e. The van der Waals surface area contributed by atoms with Crippen LogP contribution in [0, 0.1) is 0 Å². The van der Waals surface area contributed by atoms with E-state index in [0.717, 1.165) is 99.0 Å². The van der Waals surface area contributed by atoms with Crippen LogP contribution in [0.4, 0.5) is 0 Å². The molecule has 0 spiro atoms. The molecule has 43 heavy (non-hydrogen) atoms. The molecule has 1 heterocycles. The molecule has 6 N–H and O–H groups in total. The molecule has 0 amide bonds. The van der Waals surface area contributed by atoms with Crippen molar-refractivity contribution in [3.05, 3.63) is 71.8 Å². The Bertz CT molecular complexity index is 1100. The van der Waals surface area contributed by atoms with Gasteiger partial charge in [-0.3, -0.25) is 21.5 Å². The Morgan fingerprint density at radius 2 is 0.907 bits per heavy atom. The Kier molecular flexibility index (Phi) is 23.1. The zero-order valence-electron chi connectivity index (χ0n) is 25.9. The predicted octanol–water partition coefficient (Wildman–Crippen LogP) is -3.50. The topological polar surface area (TPSA) is 99.6 Å². The minimum Gasteiger partial charge on any atom is -1.00 e. The van der Waals surface area contributed by atoms with Crippen molar-refractivity contribution in [1.82, 2.24) is 9.80 Å². The summed E-state index contributed by atoms with van der Waals surface area (Å²) in [6, 6.07) is 20.3. The highest BCUT2D eigenvalue weighted by molar-refractivity contribution is 5.94. The lowest BCUT2D eigenvalue weighted by Crippen LogP contribution is -3.00. The highest BCUT2D eigenvalue weighted by Crippen LogP contribution is 2.28. The summed E-state index contributed by atoms with van der Waals surface area (Å²) in [7, 11) is 0. The molecule has 0 saturated carbocycles. The van der Waals surface area contributed by atoms with Gasteiger partial charge in [-0.25, -0.2) is 0 Å². The average Bonchev–Trinajstić information content (AvgIpc) is 3.48. The van der Waals surface area contributed by atoms with Gasteiger partial charge in [-0.1, -0.05) is 52.0 Å². The molecule has 3 aromatic rings. The zero-order valence-corrected chi connectivity index (χ0v) is 29.0. The fourth-order valence-electron chi connectivity index (χ4n) is 4.61. The standard InChI is InChI=1S/C32H46N6O.4ClH/c1-5-37(6-2)23-9-21-35-31(33)27-15-11-25(12-16-27)29-19-20-30(39-29)26-13-17-28(18-14-26)32(34)36-22-10-24-38(7-3)8-4;;;;/h11-20H,5-10,21-24H2,1-4H3,(H2,33,35)(H2,34,36);4*1H. The molecular weight excluding hydrogens is 626 g/mol. The summed E-state index contributed by atoms with van der Waals surface area (Å²) < 4.78 is 6.19. The fraction of sp³-hybridized carbons (Fsp3) is 0.438. The average molecular weight is 677 g/mol. The smallest absolute Gasteiger partial charge is 0.272 e. The maximum atomic E-state index is 6.29. The van der Waals surface area contributed by atoms with Crippen LogP contribution in [0.5, 0.6) is 0 Å². The van der Waals surface area contributed by atoms with Gasteiger partial charge < -0.3 is 39.0 Å². The molecule has 1 aromatic heterocycles. The molecule has 242 valence electrons. The molecule has 0 bridgehead atoms. The molecule has 0 radical (unpaired) electrons. The first-order valence-electron chi connectivity index (χ1n) is 14.5. The molecule has 0 saturated heterocycles. The molecule has 0 atom stereocenters. The second-order valence-electron chi connectivity index (χ2n) is 9.76. The maximum Gasteiger partial charge on any atom is 0.272 e. The number of nitrogens with one attached hydrogen (secondary N) is 2. The van der Waals surface area contributed by atoms with Crippen LogP contribution in [0.25, 0.3) is 22.6 Å². The highest BCUT2D eigenvalue weighted by atomic mass is 35.5. The highest BCUT2D eigenvalue weighted by Gasteiger charge is 2.11. The van der Waals surface area contributed by atoms with Crippen molar-refractivity contribution in [1.29, 1.82) is 0 Å². The predicted molar refractivity (Wildman–Crippen MR) is 177 cm³/mol. The summed E-state index contributed by atoms with van der Waals surface area (Å²) in [5, 5.41) is 0. The van der Waals surface area contributed by atoms with Crippen molar-refractivity contribution in [2.45, 2.75) is 40.5 Å². The number of hydrogen-bond donors (Lipinski definition) is 4. The Morgan fingerprint density at radius 3 is 1.21 bits per heavy atom. The van der Waals surface area contributed by atoms with Gasteiger partial charge in [0.15, 0.2) is 0 Å². The molecule has 7 nitrogen and oxygen atoms in total. The van der Waals surface area contributed by atoms with Crippen molar-refractivity contribution in [2.24, 2.45) is 11.5 Å². The molecule has 3 rings (SSSR count). The Morgan fingerprint density at radius 1 is 0.581 bits per heavy atom. The van der Waals surface area contributed by atoms with Crippen LogP contribution in [-0.2, 0) is 0 Å². The molecule has 0 aliphatic carbocycles. The third kappa shape index (κ3) is 13.5. The van der Waals surface area contributed by atoms with E-state index < -0.39 is 0 Å². The lowest BCUT2D eigenvalue weighted by Gasteiger charge is -2.16.